The Kier molecular flexibility index (Phi) is 8.11. The fourth-order valence-corrected chi connectivity index (χ4v) is 4.99. The summed E-state index contributed by atoms with van der Waals surface area (Å²) < 4.78 is 5.73. The summed E-state index contributed by atoms with van der Waals surface area (Å²) in [7, 11) is 1.59. The third-order valence-electron chi connectivity index (χ3n) is 7.06. The molecule has 0 aliphatic carbocycles. The highest BCUT2D eigenvalue weighted by Gasteiger charge is 2.29. The van der Waals surface area contributed by atoms with Crippen molar-refractivity contribution in [3.8, 4) is 5.75 Å². The number of nitrogens with zero attached hydrogens (tertiary/aromatic N) is 5. The van der Waals surface area contributed by atoms with Crippen molar-refractivity contribution in [3.05, 3.63) is 73.1 Å². The van der Waals surface area contributed by atoms with Crippen LogP contribution in [0.4, 0.5) is 28.7 Å². The Morgan fingerprint density at radius 2 is 1.85 bits per heavy atom. The molecule has 3 heterocycles. The summed E-state index contributed by atoms with van der Waals surface area (Å²) in [5.74, 6) is 1.45. The first-order valence-electron chi connectivity index (χ1n) is 13.2. The molecule has 2 N–H and O–H groups in total. The first-order valence-corrected chi connectivity index (χ1v) is 13.2. The Morgan fingerprint density at radius 1 is 1.07 bits per heavy atom. The van der Waals surface area contributed by atoms with Gasteiger partial charge < -0.3 is 25.2 Å². The molecule has 2 aliphatic rings. The van der Waals surface area contributed by atoms with E-state index in [9.17, 15) is 9.59 Å². The maximum atomic E-state index is 12.3. The lowest BCUT2D eigenvalue weighted by molar-refractivity contribution is -0.129. The van der Waals surface area contributed by atoms with Crippen molar-refractivity contribution in [2.45, 2.75) is 19.4 Å². The number of rotatable bonds is 8. The number of piperazine rings is 1. The smallest absolute Gasteiger partial charge is 0.247 e. The number of aromatic nitrogens is 2. The molecule has 1 atom stereocenters. The quantitative estimate of drug-likeness (QED) is 0.409. The van der Waals surface area contributed by atoms with E-state index in [1.165, 1.54) is 12.4 Å². The van der Waals surface area contributed by atoms with Gasteiger partial charge in [0, 0.05) is 51.7 Å². The monoisotopic (exact) mass is 543 g/mol. The lowest BCUT2D eigenvalue weighted by Gasteiger charge is -2.36. The van der Waals surface area contributed by atoms with Crippen LogP contribution in [0.3, 0.4) is 0 Å². The molecule has 2 amide bonds. The number of anilines is 5. The van der Waals surface area contributed by atoms with E-state index >= 15 is 0 Å². The lowest BCUT2D eigenvalue weighted by atomic mass is 10.0. The van der Waals surface area contributed by atoms with Gasteiger partial charge in [-0.3, -0.25) is 14.4 Å². The minimum atomic E-state index is -0.331. The normalized spacial score (nSPS) is 16.9. The predicted molar refractivity (Wildman–Crippen MR) is 154 cm³/mol. The van der Waals surface area contributed by atoms with Crippen molar-refractivity contribution in [3.63, 3.8) is 0 Å². The molecule has 3 aromatic rings. The fourth-order valence-electron chi connectivity index (χ4n) is 4.99. The first kappa shape index (κ1) is 26.9. The largest absolute Gasteiger partial charge is 0.494 e. The van der Waals surface area contributed by atoms with E-state index in [1.807, 2.05) is 46.4 Å². The van der Waals surface area contributed by atoms with Crippen LogP contribution in [0, 0.1) is 0 Å². The molecule has 2 aromatic carbocycles. The second-order valence-electron chi connectivity index (χ2n) is 9.52. The number of carbonyl (C=O) groups is 2. The van der Waals surface area contributed by atoms with Crippen LogP contribution >= 0.6 is 0 Å². The number of methoxy groups -OCH3 is 1. The second kappa shape index (κ2) is 12.0. The number of hydroxylamine groups is 1. The summed E-state index contributed by atoms with van der Waals surface area (Å²) in [4.78, 5) is 42.9. The summed E-state index contributed by atoms with van der Waals surface area (Å²) >= 11 is 0. The van der Waals surface area contributed by atoms with Crippen molar-refractivity contribution in [1.29, 1.82) is 0 Å². The first-order chi connectivity index (χ1) is 19.5. The number of hydrogen-bond acceptors (Lipinski definition) is 9. The molecule has 11 heteroatoms. The van der Waals surface area contributed by atoms with Crippen molar-refractivity contribution in [1.82, 2.24) is 14.9 Å². The molecule has 1 unspecified atom stereocenters. The van der Waals surface area contributed by atoms with Crippen LogP contribution in [0.1, 0.15) is 24.9 Å². The molecule has 1 aromatic heterocycles. The van der Waals surface area contributed by atoms with Gasteiger partial charge in [0.05, 0.1) is 36.8 Å². The number of carbonyl (C=O) groups excluding carboxylic acids is 2. The molecule has 0 saturated carbocycles. The van der Waals surface area contributed by atoms with E-state index in [2.05, 4.69) is 44.2 Å². The van der Waals surface area contributed by atoms with Gasteiger partial charge in [0.1, 0.15) is 17.9 Å². The van der Waals surface area contributed by atoms with E-state index in [-0.39, 0.29) is 17.9 Å². The van der Waals surface area contributed by atoms with Crippen LogP contribution in [0.2, 0.25) is 0 Å². The molecular formula is C29H33N7O4. The van der Waals surface area contributed by atoms with Gasteiger partial charge in [-0.2, -0.15) is 0 Å². The maximum absolute atomic E-state index is 12.3. The minimum absolute atomic E-state index is 0.0435. The van der Waals surface area contributed by atoms with Crippen LogP contribution in [0.25, 0.3) is 0 Å². The maximum Gasteiger partial charge on any atom is 0.247 e. The molecule has 0 bridgehead atoms. The summed E-state index contributed by atoms with van der Waals surface area (Å²) in [5.41, 5.74) is 3.14. The SMILES string of the molecule is C=CC(=O)Nc1cc(Nc2cc(N3OCCC3c3ccccc3)ncn2)c(OC)cc1N1CCN(C(C)=O)CC1. The molecule has 2 fully saturated rings. The highest BCUT2D eigenvalue weighted by atomic mass is 16.7. The second-order valence-corrected chi connectivity index (χ2v) is 9.52. The number of hydrogen-bond donors (Lipinski definition) is 2. The molecule has 0 radical (unpaired) electrons. The number of amides is 2. The third-order valence-corrected chi connectivity index (χ3v) is 7.06. The van der Waals surface area contributed by atoms with E-state index in [0.717, 1.165) is 17.7 Å². The highest BCUT2D eigenvalue weighted by Crippen LogP contribution is 2.40. The molecule has 11 nitrogen and oxygen atoms in total. The Labute approximate surface area is 233 Å². The summed E-state index contributed by atoms with van der Waals surface area (Å²) in [6.07, 6.45) is 3.56. The van der Waals surface area contributed by atoms with Gasteiger partial charge in [0.15, 0.2) is 5.82 Å². The van der Waals surface area contributed by atoms with E-state index in [1.54, 1.807) is 14.0 Å². The molecule has 40 heavy (non-hydrogen) atoms. The molecule has 2 aliphatic heterocycles. The van der Waals surface area contributed by atoms with Gasteiger partial charge >= 0.3 is 0 Å². The topological polar surface area (TPSA) is 112 Å². The van der Waals surface area contributed by atoms with Crippen LogP contribution < -0.4 is 25.3 Å². The van der Waals surface area contributed by atoms with E-state index < -0.39 is 0 Å². The van der Waals surface area contributed by atoms with Gasteiger partial charge in [0.2, 0.25) is 11.8 Å². The van der Waals surface area contributed by atoms with Gasteiger partial charge in [-0.15, -0.1) is 0 Å². The Hall–Kier alpha value is -4.64. The van der Waals surface area contributed by atoms with Crippen LogP contribution in [0.15, 0.2) is 67.5 Å². The van der Waals surface area contributed by atoms with Crippen molar-refractivity contribution < 1.29 is 19.2 Å². The molecule has 5 rings (SSSR count). The fraction of sp³-hybridized carbons (Fsp3) is 0.310. The third kappa shape index (κ3) is 5.84. The van der Waals surface area contributed by atoms with Gasteiger partial charge in [0.25, 0.3) is 0 Å². The Bertz CT molecular complexity index is 1380. The van der Waals surface area contributed by atoms with Crippen molar-refractivity contribution in [2.75, 3.05) is 60.5 Å². The number of ether oxygens (including phenoxy) is 1. The Morgan fingerprint density at radius 3 is 2.55 bits per heavy atom. The number of nitrogens with one attached hydrogen (secondary N) is 2. The summed E-state index contributed by atoms with van der Waals surface area (Å²) in [5, 5.41) is 8.05. The predicted octanol–water partition coefficient (Wildman–Crippen LogP) is 3.90. The van der Waals surface area contributed by atoms with Gasteiger partial charge in [-0.25, -0.2) is 15.0 Å². The minimum Gasteiger partial charge on any atom is -0.494 e. The average Bonchev–Trinajstić information content (AvgIpc) is 3.48. The molecular weight excluding hydrogens is 510 g/mol. The van der Waals surface area contributed by atoms with Crippen molar-refractivity contribution >= 4 is 40.5 Å². The van der Waals surface area contributed by atoms with E-state index in [4.69, 9.17) is 9.57 Å². The zero-order valence-corrected chi connectivity index (χ0v) is 22.7. The molecule has 2 saturated heterocycles. The van der Waals surface area contributed by atoms with Crippen LogP contribution in [0.5, 0.6) is 5.75 Å². The average molecular weight is 544 g/mol. The lowest BCUT2D eigenvalue weighted by Crippen LogP contribution is -2.48. The van der Waals surface area contributed by atoms with Crippen LogP contribution in [-0.2, 0) is 14.4 Å². The molecule has 0 spiro atoms. The zero-order valence-electron chi connectivity index (χ0n) is 22.7. The number of benzene rings is 2. The van der Waals surface area contributed by atoms with Crippen LogP contribution in [-0.4, -0.2) is 66.6 Å². The van der Waals surface area contributed by atoms with Gasteiger partial charge in [-0.05, 0) is 17.7 Å². The summed E-state index contributed by atoms with van der Waals surface area (Å²) in [6.45, 7) is 8.19. The van der Waals surface area contributed by atoms with Crippen molar-refractivity contribution in [2.24, 2.45) is 0 Å². The highest BCUT2D eigenvalue weighted by molar-refractivity contribution is 6.02. The standard InChI is InChI=1S/C29H33N7O4/c1-4-29(38)33-22-16-23(26(39-3)17-25(22)35-13-11-34(12-14-35)20(2)37)32-27-18-28(31-19-30-27)36-24(10-15-40-36)21-8-6-5-7-9-21/h4-9,16-19,24H,1,10-15H2,2-3H3,(H,33,38)(H,30,31,32). The van der Waals surface area contributed by atoms with E-state index in [0.29, 0.717) is 61.5 Å². The molecule has 208 valence electrons. The Balaban J connectivity index is 1.42. The zero-order chi connectivity index (χ0) is 28.1. The van der Waals surface area contributed by atoms with Gasteiger partial charge in [-0.1, -0.05) is 36.9 Å². The summed E-state index contributed by atoms with van der Waals surface area (Å²) in [6, 6.07) is 15.7.